The molecule has 2 fully saturated rings. The summed E-state index contributed by atoms with van der Waals surface area (Å²) in [5.41, 5.74) is 3.68. The van der Waals surface area contributed by atoms with Crippen LogP contribution in [0.15, 0.2) is 54.7 Å². The first-order chi connectivity index (χ1) is 17.0. The molecular formula is C29H37FN4O. The van der Waals surface area contributed by atoms with Gasteiger partial charge in [-0.25, -0.2) is 4.39 Å². The number of aryl methyl sites for hydroxylation is 1. The molecule has 2 aliphatic rings. The number of aromatic nitrogens is 1. The van der Waals surface area contributed by atoms with Crippen molar-refractivity contribution in [1.82, 2.24) is 19.7 Å². The van der Waals surface area contributed by atoms with Crippen molar-refractivity contribution in [1.29, 1.82) is 0 Å². The van der Waals surface area contributed by atoms with Crippen LogP contribution < -0.4 is 5.32 Å². The smallest absolute Gasteiger partial charge is 0.223 e. The van der Waals surface area contributed by atoms with E-state index in [1.807, 2.05) is 6.07 Å². The molecule has 0 aliphatic carbocycles. The molecule has 3 aromatic rings. The Hall–Kier alpha value is -2.70. The molecule has 2 saturated heterocycles. The van der Waals surface area contributed by atoms with E-state index in [1.165, 1.54) is 22.5 Å². The van der Waals surface area contributed by atoms with Crippen molar-refractivity contribution in [3.63, 3.8) is 0 Å². The minimum atomic E-state index is -0.167. The number of amides is 1. The highest BCUT2D eigenvalue weighted by atomic mass is 19.1. The Kier molecular flexibility index (Phi) is 7.49. The van der Waals surface area contributed by atoms with Crippen LogP contribution in [0.3, 0.4) is 0 Å². The molecule has 6 heteroatoms. The molecule has 1 amide bonds. The Morgan fingerprint density at radius 1 is 0.943 bits per heavy atom. The van der Waals surface area contributed by atoms with Crippen LogP contribution in [-0.4, -0.2) is 53.0 Å². The van der Waals surface area contributed by atoms with Crippen LogP contribution in [-0.2, 0) is 24.9 Å². The molecule has 186 valence electrons. The summed E-state index contributed by atoms with van der Waals surface area (Å²) in [6, 6.07) is 15.5. The first-order valence-corrected chi connectivity index (χ1v) is 13.0. The quantitative estimate of drug-likeness (QED) is 0.544. The number of hydrogen-bond acceptors (Lipinski definition) is 3. The van der Waals surface area contributed by atoms with E-state index in [2.05, 4.69) is 57.2 Å². The van der Waals surface area contributed by atoms with Gasteiger partial charge in [-0.3, -0.25) is 14.6 Å². The molecule has 0 saturated carbocycles. The van der Waals surface area contributed by atoms with Gasteiger partial charge in [-0.05, 0) is 87.1 Å². The van der Waals surface area contributed by atoms with E-state index in [0.717, 1.165) is 77.1 Å². The first-order valence-electron chi connectivity index (χ1n) is 13.0. The Morgan fingerprint density at radius 2 is 1.66 bits per heavy atom. The summed E-state index contributed by atoms with van der Waals surface area (Å²) in [5, 5.41) is 4.59. The number of carbonyl (C=O) groups excluding carboxylic acids is 1. The molecule has 0 atom stereocenters. The Morgan fingerprint density at radius 3 is 2.43 bits per heavy atom. The van der Waals surface area contributed by atoms with E-state index in [1.54, 1.807) is 12.1 Å². The minimum Gasteiger partial charge on any atom is -0.356 e. The highest BCUT2D eigenvalue weighted by Crippen LogP contribution is 2.25. The monoisotopic (exact) mass is 476 g/mol. The number of rotatable bonds is 7. The van der Waals surface area contributed by atoms with Gasteiger partial charge in [0.25, 0.3) is 0 Å². The lowest BCUT2D eigenvalue weighted by molar-refractivity contribution is -0.126. The Labute approximate surface area is 207 Å². The van der Waals surface area contributed by atoms with E-state index in [4.69, 9.17) is 0 Å². The second kappa shape index (κ2) is 10.9. The summed E-state index contributed by atoms with van der Waals surface area (Å²) in [4.78, 5) is 17.7. The molecule has 0 radical (unpaired) electrons. The lowest BCUT2D eigenvalue weighted by Crippen LogP contribution is -2.43. The summed E-state index contributed by atoms with van der Waals surface area (Å²) < 4.78 is 15.6. The van der Waals surface area contributed by atoms with E-state index in [0.29, 0.717) is 5.92 Å². The van der Waals surface area contributed by atoms with Gasteiger partial charge in [-0.2, -0.15) is 0 Å². The van der Waals surface area contributed by atoms with Gasteiger partial charge in [0, 0.05) is 49.7 Å². The summed E-state index contributed by atoms with van der Waals surface area (Å²) in [6.07, 6.45) is 6.27. The molecule has 35 heavy (non-hydrogen) atoms. The fourth-order valence-electron chi connectivity index (χ4n) is 5.78. The number of benzene rings is 2. The van der Waals surface area contributed by atoms with Gasteiger partial charge in [-0.1, -0.05) is 30.3 Å². The van der Waals surface area contributed by atoms with Crippen molar-refractivity contribution in [2.24, 2.45) is 18.9 Å². The van der Waals surface area contributed by atoms with Crippen LogP contribution >= 0.6 is 0 Å². The minimum absolute atomic E-state index is 0.131. The zero-order chi connectivity index (χ0) is 24.2. The number of nitrogens with one attached hydrogen (secondary N) is 1. The van der Waals surface area contributed by atoms with Gasteiger partial charge in [-0.15, -0.1) is 0 Å². The number of nitrogens with zero attached hydrogens (tertiary/aromatic N) is 3. The van der Waals surface area contributed by atoms with Gasteiger partial charge < -0.3 is 9.88 Å². The van der Waals surface area contributed by atoms with Gasteiger partial charge in [0.2, 0.25) is 5.91 Å². The number of fused-ring (bicyclic) bond motifs is 1. The van der Waals surface area contributed by atoms with E-state index < -0.39 is 0 Å². The average molecular weight is 477 g/mol. The number of hydrogen-bond donors (Lipinski definition) is 1. The molecule has 1 aromatic heterocycles. The third-order valence-electron chi connectivity index (χ3n) is 7.90. The van der Waals surface area contributed by atoms with Crippen molar-refractivity contribution in [3.8, 4) is 0 Å². The zero-order valence-corrected chi connectivity index (χ0v) is 20.8. The summed E-state index contributed by atoms with van der Waals surface area (Å²) >= 11 is 0. The topological polar surface area (TPSA) is 40.5 Å². The van der Waals surface area contributed by atoms with Crippen molar-refractivity contribution < 1.29 is 9.18 Å². The van der Waals surface area contributed by atoms with Gasteiger partial charge in [0.1, 0.15) is 5.82 Å². The number of piperidine rings is 2. The van der Waals surface area contributed by atoms with Crippen molar-refractivity contribution >= 4 is 16.8 Å². The van der Waals surface area contributed by atoms with Crippen molar-refractivity contribution in [2.45, 2.75) is 38.8 Å². The number of halogens is 1. The number of carbonyl (C=O) groups is 1. The second-order valence-electron chi connectivity index (χ2n) is 10.4. The molecule has 0 bridgehead atoms. The van der Waals surface area contributed by atoms with Gasteiger partial charge in [0.05, 0.1) is 0 Å². The fraction of sp³-hybridized carbons (Fsp3) is 0.483. The molecule has 3 heterocycles. The Balaban J connectivity index is 1.02. The van der Waals surface area contributed by atoms with E-state index in [9.17, 15) is 9.18 Å². The lowest BCUT2D eigenvalue weighted by atomic mass is 9.93. The fourth-order valence-corrected chi connectivity index (χ4v) is 5.78. The first kappa shape index (κ1) is 24.0. The van der Waals surface area contributed by atoms with Crippen LogP contribution in [0, 0.1) is 17.7 Å². The maximum Gasteiger partial charge on any atom is 0.223 e. The second-order valence-corrected chi connectivity index (χ2v) is 10.4. The zero-order valence-electron chi connectivity index (χ0n) is 20.8. The highest BCUT2D eigenvalue weighted by molar-refractivity contribution is 5.83. The van der Waals surface area contributed by atoms with E-state index >= 15 is 0 Å². The molecule has 2 aromatic carbocycles. The predicted octanol–water partition coefficient (Wildman–Crippen LogP) is 4.56. The highest BCUT2D eigenvalue weighted by Gasteiger charge is 2.27. The van der Waals surface area contributed by atoms with E-state index in [-0.39, 0.29) is 17.6 Å². The maximum atomic E-state index is 13.4. The Bertz CT molecular complexity index is 1140. The van der Waals surface area contributed by atoms with Crippen LogP contribution in [0.5, 0.6) is 0 Å². The summed E-state index contributed by atoms with van der Waals surface area (Å²) in [5.74, 6) is 0.734. The number of likely N-dealkylation sites (tertiary alicyclic amines) is 2. The molecule has 0 spiro atoms. The standard InChI is InChI=1S/C29H37FN4O/c1-32-20-25(27-7-2-3-8-28(27)32)21-34-15-11-24(12-16-34)29(35)31-18-22-9-13-33(14-10-22)19-23-5-4-6-26(30)17-23/h2-8,17,20,22,24H,9-16,18-19,21H2,1H3,(H,31,35). The van der Waals surface area contributed by atoms with Crippen LogP contribution in [0.2, 0.25) is 0 Å². The van der Waals surface area contributed by atoms with Crippen LogP contribution in [0.4, 0.5) is 4.39 Å². The van der Waals surface area contributed by atoms with Gasteiger partial charge >= 0.3 is 0 Å². The molecule has 2 aliphatic heterocycles. The molecule has 1 N–H and O–H groups in total. The molecular weight excluding hydrogens is 439 g/mol. The average Bonchev–Trinajstić information content (AvgIpc) is 3.19. The normalized spacial score (nSPS) is 18.8. The van der Waals surface area contributed by atoms with Gasteiger partial charge in [0.15, 0.2) is 0 Å². The van der Waals surface area contributed by atoms with Crippen molar-refractivity contribution in [3.05, 3.63) is 71.7 Å². The molecule has 5 nitrogen and oxygen atoms in total. The third kappa shape index (κ3) is 5.93. The van der Waals surface area contributed by atoms with Crippen LogP contribution in [0.1, 0.15) is 36.8 Å². The summed E-state index contributed by atoms with van der Waals surface area (Å²) in [7, 11) is 2.11. The van der Waals surface area contributed by atoms with Crippen molar-refractivity contribution in [2.75, 3.05) is 32.7 Å². The third-order valence-corrected chi connectivity index (χ3v) is 7.90. The largest absolute Gasteiger partial charge is 0.356 e. The SMILES string of the molecule is Cn1cc(CN2CCC(C(=O)NCC3CCN(Cc4cccc(F)c4)CC3)CC2)c2ccccc21. The number of para-hydroxylation sites is 1. The molecule has 5 rings (SSSR count). The lowest BCUT2D eigenvalue weighted by Gasteiger charge is -2.33. The maximum absolute atomic E-state index is 13.4. The summed E-state index contributed by atoms with van der Waals surface area (Å²) in [6.45, 7) is 6.48. The predicted molar refractivity (Wildman–Crippen MR) is 138 cm³/mol. The molecule has 0 unspecified atom stereocenters. The van der Waals surface area contributed by atoms with Crippen LogP contribution in [0.25, 0.3) is 10.9 Å².